The van der Waals surface area contributed by atoms with Gasteiger partial charge in [-0.15, -0.1) is 0 Å². The fraction of sp³-hybridized carbons (Fsp3) is 0.615. The Kier molecular flexibility index (Phi) is 14.2. The van der Waals surface area contributed by atoms with Crippen molar-refractivity contribution in [3.05, 3.63) is 47.5 Å². The van der Waals surface area contributed by atoms with Crippen LogP contribution in [0.25, 0.3) is 10.8 Å². The Bertz CT molecular complexity index is 621. The van der Waals surface area contributed by atoms with Crippen LogP contribution in [0.5, 0.6) is 0 Å². The van der Waals surface area contributed by atoms with E-state index in [0.29, 0.717) is 11.3 Å². The summed E-state index contributed by atoms with van der Waals surface area (Å²) in [4.78, 5) is 0. The molecule has 0 aliphatic carbocycles. The molecule has 2 aromatic rings. The summed E-state index contributed by atoms with van der Waals surface area (Å²) in [6.45, 7) is 16.3. The molecule has 26 heavy (non-hydrogen) atoms. The van der Waals surface area contributed by atoms with Crippen LogP contribution in [0.3, 0.4) is 0 Å². The summed E-state index contributed by atoms with van der Waals surface area (Å²) in [7, 11) is 0. The SMILES string of the molecule is C.C.C.C.C.Cc1ccc2cc(C(CC(C)(C)C)C(C)(C)C)ccc2c1. The van der Waals surface area contributed by atoms with Gasteiger partial charge in [-0.25, -0.2) is 0 Å². The molecule has 2 rings (SSSR count). The lowest BCUT2D eigenvalue weighted by Crippen LogP contribution is -2.23. The normalized spacial score (nSPS) is 11.7. The number of rotatable bonds is 2. The van der Waals surface area contributed by atoms with Gasteiger partial charge in [0.1, 0.15) is 0 Å². The Morgan fingerprint density at radius 3 is 1.62 bits per heavy atom. The van der Waals surface area contributed by atoms with Crippen LogP contribution < -0.4 is 0 Å². The molecule has 0 amide bonds. The maximum Gasteiger partial charge on any atom is -0.0108 e. The molecule has 0 fully saturated rings. The van der Waals surface area contributed by atoms with Crippen molar-refractivity contribution in [3.63, 3.8) is 0 Å². The van der Waals surface area contributed by atoms with E-state index in [4.69, 9.17) is 0 Å². The molecule has 0 aliphatic rings. The van der Waals surface area contributed by atoms with E-state index in [1.165, 1.54) is 28.3 Å². The topological polar surface area (TPSA) is 0 Å². The zero-order chi connectivity index (χ0) is 15.8. The number of aryl methyl sites for hydroxylation is 1. The minimum atomic E-state index is 0. The van der Waals surface area contributed by atoms with Crippen LogP contribution in [-0.4, -0.2) is 0 Å². The molecule has 0 heterocycles. The molecule has 0 aliphatic heterocycles. The van der Waals surface area contributed by atoms with Gasteiger partial charge in [-0.3, -0.25) is 0 Å². The first-order valence-electron chi connectivity index (χ1n) is 8.07. The number of benzene rings is 2. The Labute approximate surface area is 167 Å². The summed E-state index contributed by atoms with van der Waals surface area (Å²) < 4.78 is 0. The predicted molar refractivity (Wildman–Crippen MR) is 129 cm³/mol. The molecule has 2 aromatic carbocycles. The van der Waals surface area contributed by atoms with Gasteiger partial charge in [-0.1, -0.05) is 121 Å². The van der Waals surface area contributed by atoms with Gasteiger partial charge in [0.25, 0.3) is 0 Å². The summed E-state index contributed by atoms with van der Waals surface area (Å²) in [5.41, 5.74) is 3.44. The molecule has 0 N–H and O–H groups in total. The molecule has 0 aromatic heterocycles. The first-order valence-corrected chi connectivity index (χ1v) is 8.07. The zero-order valence-corrected chi connectivity index (χ0v) is 14.7. The second-order valence-electron chi connectivity index (χ2n) is 8.79. The van der Waals surface area contributed by atoms with Crippen LogP contribution in [0.2, 0.25) is 0 Å². The number of fused-ring (bicyclic) bond motifs is 1. The molecule has 0 spiro atoms. The fourth-order valence-corrected chi connectivity index (χ4v) is 3.14. The van der Waals surface area contributed by atoms with E-state index in [9.17, 15) is 0 Å². The molecule has 0 bridgehead atoms. The molecule has 154 valence electrons. The highest BCUT2D eigenvalue weighted by Crippen LogP contribution is 2.43. The Morgan fingerprint density at radius 1 is 0.692 bits per heavy atom. The molecule has 0 saturated heterocycles. The maximum absolute atomic E-state index is 2.40. The monoisotopic (exact) mass is 362 g/mol. The first kappa shape index (κ1) is 32.4. The molecule has 0 saturated carbocycles. The highest BCUT2D eigenvalue weighted by Gasteiger charge is 2.30. The van der Waals surface area contributed by atoms with Crippen molar-refractivity contribution >= 4 is 10.8 Å². The number of hydrogen-bond donors (Lipinski definition) is 0. The van der Waals surface area contributed by atoms with E-state index in [1.54, 1.807) is 0 Å². The Hall–Kier alpha value is -1.30. The summed E-state index contributed by atoms with van der Waals surface area (Å²) >= 11 is 0. The molecule has 0 nitrogen and oxygen atoms in total. The van der Waals surface area contributed by atoms with Crippen LogP contribution in [0.15, 0.2) is 36.4 Å². The largest absolute Gasteiger partial charge is 0.0776 e. The van der Waals surface area contributed by atoms with E-state index in [1.807, 2.05) is 0 Å². The molecule has 0 radical (unpaired) electrons. The van der Waals surface area contributed by atoms with E-state index in [2.05, 4.69) is 84.9 Å². The van der Waals surface area contributed by atoms with Gasteiger partial charge in [0, 0.05) is 0 Å². The Morgan fingerprint density at radius 2 is 1.15 bits per heavy atom. The van der Waals surface area contributed by atoms with Gasteiger partial charge in [-0.05, 0) is 46.4 Å². The molecular weight excluding hydrogens is 312 g/mol. The minimum Gasteiger partial charge on any atom is -0.0776 e. The van der Waals surface area contributed by atoms with Crippen molar-refractivity contribution in [1.29, 1.82) is 0 Å². The average molecular weight is 363 g/mol. The lowest BCUT2D eigenvalue weighted by Gasteiger charge is -2.36. The molecule has 1 atom stereocenters. The van der Waals surface area contributed by atoms with Gasteiger partial charge < -0.3 is 0 Å². The van der Waals surface area contributed by atoms with Crippen molar-refractivity contribution in [2.24, 2.45) is 10.8 Å². The van der Waals surface area contributed by atoms with Crippen LogP contribution in [0, 0.1) is 17.8 Å². The zero-order valence-electron chi connectivity index (χ0n) is 14.7. The molecule has 0 heteroatoms. The van der Waals surface area contributed by atoms with Crippen molar-refractivity contribution < 1.29 is 0 Å². The highest BCUT2D eigenvalue weighted by atomic mass is 14.3. The van der Waals surface area contributed by atoms with Crippen molar-refractivity contribution in [3.8, 4) is 0 Å². The van der Waals surface area contributed by atoms with E-state index < -0.39 is 0 Å². The van der Waals surface area contributed by atoms with Gasteiger partial charge in [0.15, 0.2) is 0 Å². The predicted octanol–water partition coefficient (Wildman–Crippen LogP) is 9.89. The smallest absolute Gasteiger partial charge is 0.0108 e. The van der Waals surface area contributed by atoms with Crippen molar-refractivity contribution in [2.75, 3.05) is 0 Å². The van der Waals surface area contributed by atoms with E-state index in [-0.39, 0.29) is 42.5 Å². The Balaban J connectivity index is -0.000000484. The van der Waals surface area contributed by atoms with Crippen LogP contribution in [0.4, 0.5) is 0 Å². The quantitative estimate of drug-likeness (QED) is 0.498. The van der Waals surface area contributed by atoms with Crippen LogP contribution in [0.1, 0.15) is 102 Å². The highest BCUT2D eigenvalue weighted by molar-refractivity contribution is 5.83. The lowest BCUT2D eigenvalue weighted by atomic mass is 9.69. The summed E-state index contributed by atoms with van der Waals surface area (Å²) in [6, 6.07) is 13.8. The number of hydrogen-bond acceptors (Lipinski definition) is 0. The summed E-state index contributed by atoms with van der Waals surface area (Å²) in [6.07, 6.45) is 1.22. The first-order chi connectivity index (χ1) is 9.56. The fourth-order valence-electron chi connectivity index (χ4n) is 3.14. The summed E-state index contributed by atoms with van der Waals surface area (Å²) in [5.74, 6) is 0.586. The third-order valence-electron chi connectivity index (χ3n) is 4.28. The third kappa shape index (κ3) is 8.39. The van der Waals surface area contributed by atoms with Gasteiger partial charge in [0.2, 0.25) is 0 Å². The van der Waals surface area contributed by atoms with Gasteiger partial charge >= 0.3 is 0 Å². The van der Waals surface area contributed by atoms with Gasteiger partial charge in [0.05, 0.1) is 0 Å². The average Bonchev–Trinajstić information content (AvgIpc) is 2.33. The van der Waals surface area contributed by atoms with Crippen molar-refractivity contribution in [1.82, 2.24) is 0 Å². The second kappa shape index (κ2) is 11.4. The molecular formula is C26H50. The summed E-state index contributed by atoms with van der Waals surface area (Å²) in [5, 5.41) is 2.71. The second-order valence-corrected chi connectivity index (χ2v) is 8.79. The molecule has 1 unspecified atom stereocenters. The van der Waals surface area contributed by atoms with Crippen LogP contribution in [-0.2, 0) is 0 Å². The van der Waals surface area contributed by atoms with E-state index >= 15 is 0 Å². The maximum atomic E-state index is 2.40. The standard InChI is InChI=1S/C21H30.5CH4/c1-15-8-9-17-13-18(11-10-16(17)12-15)19(21(5,6)7)14-20(2,3)4;;;;;/h8-13,19H,14H2,1-7H3;5*1H4. The minimum absolute atomic E-state index is 0. The van der Waals surface area contributed by atoms with Crippen LogP contribution >= 0.6 is 0 Å². The lowest BCUT2D eigenvalue weighted by molar-refractivity contribution is 0.229. The third-order valence-corrected chi connectivity index (χ3v) is 4.28. The van der Waals surface area contributed by atoms with Gasteiger partial charge in [-0.2, -0.15) is 0 Å². The van der Waals surface area contributed by atoms with E-state index in [0.717, 1.165) is 0 Å². The van der Waals surface area contributed by atoms with Crippen molar-refractivity contribution in [2.45, 2.75) is 97.9 Å².